The van der Waals surface area contributed by atoms with Crippen LogP contribution in [0.4, 0.5) is 18.9 Å². The highest BCUT2D eigenvalue weighted by atomic mass is 32.1. The number of nitrogens with zero attached hydrogens (tertiary/aromatic N) is 1. The predicted molar refractivity (Wildman–Crippen MR) is 107 cm³/mol. The van der Waals surface area contributed by atoms with E-state index < -0.39 is 34.7 Å². The number of halogens is 3. The van der Waals surface area contributed by atoms with Gasteiger partial charge in [0.2, 0.25) is 0 Å². The largest absolute Gasteiger partial charge is 0.476 e. The highest BCUT2D eigenvalue weighted by Gasteiger charge is 2.44. The SMILES string of the molecule is CCNC(=O)c1cc2c(cc1C(F)(F)F)OC(C)(C)C(=O)N2CCNC(=S)CC. The lowest BCUT2D eigenvalue weighted by Crippen LogP contribution is -2.54. The number of carbonyl (C=O) groups excluding carboxylic acids is 2. The molecular formula is C19H24F3N3O3S. The van der Waals surface area contributed by atoms with Crippen LogP contribution in [-0.4, -0.2) is 42.0 Å². The second-order valence-electron chi connectivity index (χ2n) is 7.00. The number of hydrogen-bond donors (Lipinski definition) is 2. The van der Waals surface area contributed by atoms with Gasteiger partial charge in [0.1, 0.15) is 5.75 Å². The first-order valence-corrected chi connectivity index (χ1v) is 9.64. The van der Waals surface area contributed by atoms with Crippen LogP contribution in [0, 0.1) is 0 Å². The number of amides is 2. The summed E-state index contributed by atoms with van der Waals surface area (Å²) in [5, 5.41) is 5.37. The first-order chi connectivity index (χ1) is 13.4. The van der Waals surface area contributed by atoms with Crippen LogP contribution in [0.5, 0.6) is 5.75 Å². The number of hydrogen-bond acceptors (Lipinski definition) is 4. The molecule has 0 atom stereocenters. The van der Waals surface area contributed by atoms with Crippen molar-refractivity contribution in [3.05, 3.63) is 23.3 Å². The molecule has 29 heavy (non-hydrogen) atoms. The average Bonchev–Trinajstić information content (AvgIpc) is 2.62. The molecule has 0 saturated carbocycles. The van der Waals surface area contributed by atoms with Gasteiger partial charge in [-0.3, -0.25) is 9.59 Å². The smallest absolute Gasteiger partial charge is 0.417 e. The van der Waals surface area contributed by atoms with Gasteiger partial charge in [-0.1, -0.05) is 19.1 Å². The number of fused-ring (bicyclic) bond motifs is 1. The molecule has 1 aliphatic rings. The number of nitrogens with one attached hydrogen (secondary N) is 2. The highest BCUT2D eigenvalue weighted by molar-refractivity contribution is 7.80. The van der Waals surface area contributed by atoms with Crippen LogP contribution in [0.3, 0.4) is 0 Å². The third-order valence-electron chi connectivity index (χ3n) is 4.38. The minimum atomic E-state index is -4.76. The van der Waals surface area contributed by atoms with E-state index in [4.69, 9.17) is 17.0 Å². The lowest BCUT2D eigenvalue weighted by atomic mass is 9.99. The molecule has 1 aromatic carbocycles. The van der Waals surface area contributed by atoms with Gasteiger partial charge >= 0.3 is 6.18 Å². The Balaban J connectivity index is 2.54. The molecule has 2 amide bonds. The summed E-state index contributed by atoms with van der Waals surface area (Å²) in [5.41, 5.74) is -2.91. The van der Waals surface area contributed by atoms with Crippen molar-refractivity contribution in [2.24, 2.45) is 0 Å². The maximum absolute atomic E-state index is 13.6. The monoisotopic (exact) mass is 431 g/mol. The molecule has 0 unspecified atom stereocenters. The number of carbonyl (C=O) groups is 2. The van der Waals surface area contributed by atoms with Crippen molar-refractivity contribution in [2.45, 2.75) is 45.9 Å². The Morgan fingerprint density at radius 1 is 1.24 bits per heavy atom. The molecule has 0 radical (unpaired) electrons. The second-order valence-corrected chi connectivity index (χ2v) is 7.49. The Bertz CT molecular complexity index is 825. The van der Waals surface area contributed by atoms with Crippen molar-refractivity contribution in [1.82, 2.24) is 10.6 Å². The summed E-state index contributed by atoms with van der Waals surface area (Å²) in [4.78, 5) is 27.1. The van der Waals surface area contributed by atoms with Crippen LogP contribution in [0.1, 0.15) is 50.0 Å². The standard InChI is InChI=1S/C19H24F3N3O3S/c1-5-15(29)24-7-8-25-13-9-11(16(26)23-6-2)12(19(20,21)22)10-14(13)28-18(3,4)17(25)27/h9-10H,5-8H2,1-4H3,(H,23,26)(H,24,29). The number of benzene rings is 1. The van der Waals surface area contributed by atoms with Gasteiger partial charge < -0.3 is 20.3 Å². The zero-order valence-electron chi connectivity index (χ0n) is 16.7. The lowest BCUT2D eigenvalue weighted by molar-refractivity contribution is -0.138. The third kappa shape index (κ3) is 4.98. The summed E-state index contributed by atoms with van der Waals surface area (Å²) in [6.07, 6.45) is -4.13. The van der Waals surface area contributed by atoms with E-state index in [1.165, 1.54) is 18.7 Å². The molecule has 1 aliphatic heterocycles. The quantitative estimate of drug-likeness (QED) is 0.677. The molecule has 2 rings (SSSR count). The van der Waals surface area contributed by atoms with E-state index in [1.54, 1.807) is 6.92 Å². The Morgan fingerprint density at radius 3 is 2.45 bits per heavy atom. The van der Waals surface area contributed by atoms with Gasteiger partial charge in [0.05, 0.1) is 21.8 Å². The Kier molecular flexibility index (Phi) is 6.77. The zero-order chi connectivity index (χ0) is 22.0. The van der Waals surface area contributed by atoms with Crippen molar-refractivity contribution in [1.29, 1.82) is 0 Å². The van der Waals surface area contributed by atoms with Crippen LogP contribution in [0.15, 0.2) is 12.1 Å². The summed E-state index contributed by atoms with van der Waals surface area (Å²) in [5.74, 6) is -1.39. The maximum Gasteiger partial charge on any atom is 0.417 e. The molecule has 1 aromatic rings. The number of anilines is 1. The molecule has 0 saturated heterocycles. The molecule has 0 fully saturated rings. The topological polar surface area (TPSA) is 70.7 Å². The third-order valence-corrected chi connectivity index (χ3v) is 4.81. The lowest BCUT2D eigenvalue weighted by Gasteiger charge is -2.39. The van der Waals surface area contributed by atoms with Crippen molar-refractivity contribution in [2.75, 3.05) is 24.5 Å². The predicted octanol–water partition coefficient (Wildman–Crippen LogP) is 3.29. The molecule has 0 aromatic heterocycles. The molecule has 0 bridgehead atoms. The van der Waals surface area contributed by atoms with E-state index in [9.17, 15) is 22.8 Å². The fourth-order valence-corrected chi connectivity index (χ4v) is 3.05. The normalized spacial score (nSPS) is 15.4. The summed E-state index contributed by atoms with van der Waals surface area (Å²) in [6, 6.07) is 1.85. The molecule has 2 N–H and O–H groups in total. The van der Waals surface area contributed by atoms with Gasteiger partial charge in [0.15, 0.2) is 5.60 Å². The Morgan fingerprint density at radius 2 is 1.90 bits per heavy atom. The number of alkyl halides is 3. The van der Waals surface area contributed by atoms with Crippen molar-refractivity contribution >= 4 is 34.7 Å². The molecule has 0 spiro atoms. The number of ether oxygens (including phenoxy) is 1. The molecule has 0 aliphatic carbocycles. The van der Waals surface area contributed by atoms with Crippen LogP contribution in [0.25, 0.3) is 0 Å². The minimum Gasteiger partial charge on any atom is -0.476 e. The van der Waals surface area contributed by atoms with E-state index >= 15 is 0 Å². The number of thiocarbonyl (C=S) groups is 1. The van der Waals surface area contributed by atoms with Crippen LogP contribution < -0.4 is 20.3 Å². The first-order valence-electron chi connectivity index (χ1n) is 9.23. The van der Waals surface area contributed by atoms with E-state index in [1.807, 2.05) is 6.92 Å². The average molecular weight is 431 g/mol. The van der Waals surface area contributed by atoms with Gasteiger partial charge in [-0.2, -0.15) is 13.2 Å². The van der Waals surface area contributed by atoms with Crippen molar-refractivity contribution in [3.8, 4) is 5.75 Å². The minimum absolute atomic E-state index is 0.104. The summed E-state index contributed by atoms with van der Waals surface area (Å²) < 4.78 is 46.3. The van der Waals surface area contributed by atoms with E-state index in [0.717, 1.165) is 12.1 Å². The molecule has 10 heteroatoms. The Labute approximate surface area is 172 Å². The van der Waals surface area contributed by atoms with E-state index in [2.05, 4.69) is 10.6 Å². The molecule has 160 valence electrons. The van der Waals surface area contributed by atoms with Gasteiger partial charge in [0, 0.05) is 19.6 Å². The van der Waals surface area contributed by atoms with Crippen molar-refractivity contribution < 1.29 is 27.5 Å². The van der Waals surface area contributed by atoms with Crippen LogP contribution in [0.2, 0.25) is 0 Å². The summed E-state index contributed by atoms with van der Waals surface area (Å²) in [6.45, 7) is 7.08. The van der Waals surface area contributed by atoms with Crippen molar-refractivity contribution in [3.63, 3.8) is 0 Å². The molecular weight excluding hydrogens is 407 g/mol. The number of rotatable bonds is 6. The van der Waals surface area contributed by atoms with Crippen LogP contribution >= 0.6 is 12.2 Å². The zero-order valence-corrected chi connectivity index (χ0v) is 17.5. The highest BCUT2D eigenvalue weighted by Crippen LogP contribution is 2.43. The van der Waals surface area contributed by atoms with Crippen LogP contribution in [-0.2, 0) is 11.0 Å². The first kappa shape index (κ1) is 22.9. The van der Waals surface area contributed by atoms with Gasteiger partial charge in [-0.15, -0.1) is 0 Å². The van der Waals surface area contributed by atoms with Gasteiger partial charge in [0.25, 0.3) is 11.8 Å². The van der Waals surface area contributed by atoms with Gasteiger partial charge in [-0.05, 0) is 39.3 Å². The fraction of sp³-hybridized carbons (Fsp3) is 0.526. The van der Waals surface area contributed by atoms with E-state index in [-0.39, 0.29) is 24.5 Å². The summed E-state index contributed by atoms with van der Waals surface area (Å²) in [7, 11) is 0. The Hall–Kier alpha value is -2.36. The fourth-order valence-electron chi connectivity index (χ4n) is 2.95. The maximum atomic E-state index is 13.6. The second kappa shape index (κ2) is 8.56. The summed E-state index contributed by atoms with van der Waals surface area (Å²) >= 11 is 5.10. The van der Waals surface area contributed by atoms with E-state index in [0.29, 0.717) is 18.0 Å². The van der Waals surface area contributed by atoms with Gasteiger partial charge in [-0.25, -0.2) is 0 Å². The molecule has 6 nitrogen and oxygen atoms in total. The molecule has 1 heterocycles.